The average Bonchev–Trinajstić information content (AvgIpc) is 3.36. The van der Waals surface area contributed by atoms with E-state index in [0.717, 1.165) is 24.4 Å². The third-order valence-corrected chi connectivity index (χ3v) is 7.36. The molecule has 0 bridgehead atoms. The Hall–Kier alpha value is -4.11. The van der Waals surface area contributed by atoms with Crippen LogP contribution in [0.15, 0.2) is 84.9 Å². The minimum atomic E-state index is 0.896. The highest BCUT2D eigenvalue weighted by atomic mass is 16.5. The molecule has 0 atom stereocenters. The lowest BCUT2D eigenvalue weighted by atomic mass is 9.91. The Kier molecular flexibility index (Phi) is 5.49. The molecule has 0 aromatic heterocycles. The van der Waals surface area contributed by atoms with Crippen LogP contribution in [0, 0.1) is 20.8 Å². The standard InChI is InChI=1S/C33H31N2O/c1-22-19-23(2)33(24(3)20-22)35-18-17-34(21-35)29-15-13-25-9-5-7-11-27(25)31(29)32-28-12-8-6-10-26(28)14-16-30(32)36-4/h5-16,19-21H,17-18H2,1-4H3/q+1. The second-order valence-electron chi connectivity index (χ2n) is 9.79. The van der Waals surface area contributed by atoms with Gasteiger partial charge in [0.1, 0.15) is 30.2 Å². The summed E-state index contributed by atoms with van der Waals surface area (Å²) in [6.07, 6.45) is 2.29. The predicted molar refractivity (Wildman–Crippen MR) is 152 cm³/mol. The van der Waals surface area contributed by atoms with Gasteiger partial charge in [-0.25, -0.2) is 9.48 Å². The highest BCUT2D eigenvalue weighted by Gasteiger charge is 2.29. The summed E-state index contributed by atoms with van der Waals surface area (Å²) >= 11 is 0. The van der Waals surface area contributed by atoms with Crippen LogP contribution in [0.5, 0.6) is 5.75 Å². The van der Waals surface area contributed by atoms with Crippen LogP contribution in [0.4, 0.5) is 11.4 Å². The fourth-order valence-corrected chi connectivity index (χ4v) is 5.92. The predicted octanol–water partition coefficient (Wildman–Crippen LogP) is 7.79. The molecular weight excluding hydrogens is 440 g/mol. The van der Waals surface area contributed by atoms with Crippen molar-refractivity contribution in [3.8, 4) is 16.9 Å². The van der Waals surface area contributed by atoms with Gasteiger partial charge in [0.15, 0.2) is 0 Å². The molecule has 0 spiro atoms. The quantitative estimate of drug-likeness (QED) is 0.249. The van der Waals surface area contributed by atoms with Crippen LogP contribution >= 0.6 is 0 Å². The topological polar surface area (TPSA) is 15.5 Å². The first-order valence-electron chi connectivity index (χ1n) is 12.6. The zero-order valence-corrected chi connectivity index (χ0v) is 21.4. The maximum Gasteiger partial charge on any atom is 0.244 e. The smallest absolute Gasteiger partial charge is 0.244 e. The normalized spacial score (nSPS) is 13.4. The molecule has 0 fully saturated rings. The Morgan fingerprint density at radius 3 is 2.00 bits per heavy atom. The van der Waals surface area contributed by atoms with E-state index in [1.54, 1.807) is 7.11 Å². The maximum absolute atomic E-state index is 5.97. The number of ether oxygens (including phenoxy) is 1. The summed E-state index contributed by atoms with van der Waals surface area (Å²) in [5.74, 6) is 0.896. The molecule has 1 heterocycles. The molecule has 6 rings (SSSR count). The van der Waals surface area contributed by atoms with E-state index in [9.17, 15) is 0 Å². The van der Waals surface area contributed by atoms with Crippen molar-refractivity contribution >= 4 is 39.3 Å². The van der Waals surface area contributed by atoms with Crippen molar-refractivity contribution in [3.05, 3.63) is 102 Å². The summed E-state index contributed by atoms with van der Waals surface area (Å²) in [6, 6.07) is 30.6. The summed E-state index contributed by atoms with van der Waals surface area (Å²) in [7, 11) is 1.77. The van der Waals surface area contributed by atoms with Gasteiger partial charge in [-0.3, -0.25) is 0 Å². The Labute approximate surface area is 212 Å². The molecule has 0 amide bonds. The lowest BCUT2D eigenvalue weighted by Crippen LogP contribution is -2.19. The van der Waals surface area contributed by atoms with E-state index in [-0.39, 0.29) is 0 Å². The fraction of sp³-hybridized carbons (Fsp3) is 0.182. The van der Waals surface area contributed by atoms with Gasteiger partial charge in [-0.1, -0.05) is 78.4 Å². The summed E-state index contributed by atoms with van der Waals surface area (Å²) in [4.78, 5) is 2.40. The zero-order valence-electron chi connectivity index (χ0n) is 21.4. The molecular formula is C33H31N2O+. The first-order valence-corrected chi connectivity index (χ1v) is 12.6. The molecule has 5 aromatic carbocycles. The van der Waals surface area contributed by atoms with Gasteiger partial charge in [0.05, 0.1) is 7.11 Å². The van der Waals surface area contributed by atoms with Gasteiger partial charge in [-0.15, -0.1) is 0 Å². The Morgan fingerprint density at radius 2 is 1.33 bits per heavy atom. The molecule has 178 valence electrons. The van der Waals surface area contributed by atoms with Crippen LogP contribution in [0.25, 0.3) is 32.7 Å². The van der Waals surface area contributed by atoms with Gasteiger partial charge in [-0.2, -0.15) is 0 Å². The summed E-state index contributed by atoms with van der Waals surface area (Å²) in [6.45, 7) is 8.47. The van der Waals surface area contributed by atoms with E-state index in [0.29, 0.717) is 0 Å². The van der Waals surface area contributed by atoms with E-state index in [1.165, 1.54) is 55.2 Å². The summed E-state index contributed by atoms with van der Waals surface area (Å²) in [5.41, 5.74) is 8.83. The molecule has 0 radical (unpaired) electrons. The van der Waals surface area contributed by atoms with Gasteiger partial charge in [-0.05, 0) is 65.6 Å². The number of anilines is 1. The molecule has 0 N–H and O–H groups in total. The van der Waals surface area contributed by atoms with Crippen LogP contribution in [0.2, 0.25) is 0 Å². The monoisotopic (exact) mass is 471 g/mol. The van der Waals surface area contributed by atoms with Crippen molar-refractivity contribution in [1.29, 1.82) is 0 Å². The van der Waals surface area contributed by atoms with Gasteiger partial charge >= 0.3 is 0 Å². The van der Waals surface area contributed by atoms with Crippen molar-refractivity contribution in [2.24, 2.45) is 0 Å². The molecule has 0 aliphatic carbocycles. The van der Waals surface area contributed by atoms with E-state index >= 15 is 0 Å². The number of benzene rings is 5. The first-order chi connectivity index (χ1) is 17.5. The molecule has 0 saturated carbocycles. The lowest BCUT2D eigenvalue weighted by Gasteiger charge is -2.19. The van der Waals surface area contributed by atoms with Crippen molar-refractivity contribution in [3.63, 3.8) is 0 Å². The largest absolute Gasteiger partial charge is 0.496 e. The number of hydrogen-bond acceptors (Lipinski definition) is 2. The van der Waals surface area contributed by atoms with Crippen LogP contribution in [0.3, 0.4) is 0 Å². The van der Waals surface area contributed by atoms with Gasteiger partial charge < -0.3 is 4.74 Å². The highest BCUT2D eigenvalue weighted by molar-refractivity contribution is 6.13. The van der Waals surface area contributed by atoms with Crippen LogP contribution < -0.4 is 9.64 Å². The Morgan fingerprint density at radius 1 is 0.722 bits per heavy atom. The van der Waals surface area contributed by atoms with Crippen molar-refractivity contribution in [1.82, 2.24) is 0 Å². The minimum absolute atomic E-state index is 0.896. The SMILES string of the molecule is COc1ccc2ccccc2c1-c1c(N2C=[N+](c3c(C)cc(C)cc3C)CC2)ccc2ccccc12. The Bertz CT molecular complexity index is 1640. The number of hydrogen-bond donors (Lipinski definition) is 0. The number of fused-ring (bicyclic) bond motifs is 2. The Balaban J connectivity index is 1.61. The number of aryl methyl sites for hydroxylation is 3. The second-order valence-corrected chi connectivity index (χ2v) is 9.79. The molecule has 5 aromatic rings. The summed E-state index contributed by atoms with van der Waals surface area (Å²) in [5, 5.41) is 4.88. The molecule has 1 aliphatic rings. The van der Waals surface area contributed by atoms with Crippen LogP contribution in [-0.2, 0) is 0 Å². The molecule has 3 nitrogen and oxygen atoms in total. The first kappa shape index (κ1) is 22.4. The highest BCUT2D eigenvalue weighted by Crippen LogP contribution is 2.45. The van der Waals surface area contributed by atoms with Crippen molar-refractivity contribution in [2.45, 2.75) is 20.8 Å². The zero-order chi connectivity index (χ0) is 24.8. The number of methoxy groups -OCH3 is 1. The fourth-order valence-electron chi connectivity index (χ4n) is 5.92. The number of nitrogens with zero attached hydrogens (tertiary/aromatic N) is 2. The summed E-state index contributed by atoms with van der Waals surface area (Å²) < 4.78 is 8.37. The molecule has 0 unspecified atom stereocenters. The minimum Gasteiger partial charge on any atom is -0.496 e. The molecule has 36 heavy (non-hydrogen) atoms. The van der Waals surface area contributed by atoms with E-state index in [1.807, 2.05) is 0 Å². The molecule has 0 saturated heterocycles. The van der Waals surface area contributed by atoms with Crippen LogP contribution in [0.1, 0.15) is 16.7 Å². The average molecular weight is 472 g/mol. The third-order valence-electron chi connectivity index (χ3n) is 7.36. The van der Waals surface area contributed by atoms with E-state index in [2.05, 4.69) is 122 Å². The second kappa shape index (κ2) is 8.83. The third kappa shape index (κ3) is 3.63. The van der Waals surface area contributed by atoms with Crippen molar-refractivity contribution < 1.29 is 9.31 Å². The van der Waals surface area contributed by atoms with Gasteiger partial charge in [0, 0.05) is 11.1 Å². The molecule has 1 aliphatic heterocycles. The molecule has 3 heteroatoms. The number of rotatable bonds is 4. The lowest BCUT2D eigenvalue weighted by molar-refractivity contribution is -0.425. The van der Waals surface area contributed by atoms with E-state index in [4.69, 9.17) is 4.74 Å². The van der Waals surface area contributed by atoms with E-state index < -0.39 is 0 Å². The van der Waals surface area contributed by atoms with Gasteiger partial charge in [0.2, 0.25) is 6.34 Å². The van der Waals surface area contributed by atoms with Gasteiger partial charge in [0.25, 0.3) is 0 Å². The van der Waals surface area contributed by atoms with Crippen molar-refractivity contribution in [2.75, 3.05) is 25.1 Å². The van der Waals surface area contributed by atoms with Crippen LogP contribution in [-0.4, -0.2) is 31.1 Å². The maximum atomic E-state index is 5.97.